The summed E-state index contributed by atoms with van der Waals surface area (Å²) in [5.74, 6) is -4.81. The summed E-state index contributed by atoms with van der Waals surface area (Å²) < 4.78 is 33.0. The van der Waals surface area contributed by atoms with Crippen LogP contribution in [0.25, 0.3) is 0 Å². The number of hydrogen-bond acceptors (Lipinski definition) is 3. The molecule has 2 rings (SSSR count). The Kier molecular flexibility index (Phi) is 3.94. The molecular weight excluding hydrogens is 268 g/mol. The van der Waals surface area contributed by atoms with Crippen molar-refractivity contribution in [1.29, 1.82) is 0 Å². The van der Waals surface area contributed by atoms with Crippen LogP contribution in [0.3, 0.4) is 0 Å². The zero-order chi connectivity index (χ0) is 14.8. The monoisotopic (exact) mass is 285 g/mol. The zero-order valence-electron chi connectivity index (χ0n) is 11.2. The summed E-state index contributed by atoms with van der Waals surface area (Å²) in [6.07, 6.45) is 0.373. The number of amides is 1. The van der Waals surface area contributed by atoms with Crippen molar-refractivity contribution in [3.05, 3.63) is 24.3 Å². The van der Waals surface area contributed by atoms with Crippen molar-refractivity contribution in [3.8, 4) is 5.75 Å². The molecule has 1 aromatic carbocycles. The number of hydrogen-bond donors (Lipinski definition) is 2. The van der Waals surface area contributed by atoms with E-state index in [1.54, 1.807) is 19.1 Å². The van der Waals surface area contributed by atoms with Gasteiger partial charge in [-0.1, -0.05) is 6.07 Å². The first-order valence-electron chi connectivity index (χ1n) is 6.53. The van der Waals surface area contributed by atoms with Crippen LogP contribution in [0.1, 0.15) is 26.2 Å². The summed E-state index contributed by atoms with van der Waals surface area (Å²) in [5, 5.41) is 11.8. The predicted molar refractivity (Wildman–Crippen MR) is 70.0 cm³/mol. The summed E-state index contributed by atoms with van der Waals surface area (Å²) in [4.78, 5) is 11.7. The molecule has 2 N–H and O–H groups in total. The van der Waals surface area contributed by atoms with Gasteiger partial charge in [-0.15, -0.1) is 0 Å². The van der Waals surface area contributed by atoms with Crippen LogP contribution in [-0.2, 0) is 4.79 Å². The van der Waals surface area contributed by atoms with Crippen LogP contribution < -0.4 is 10.1 Å². The number of alkyl halides is 2. The molecule has 0 radical (unpaired) electrons. The Morgan fingerprint density at radius 1 is 1.50 bits per heavy atom. The average molecular weight is 285 g/mol. The molecule has 1 amide bonds. The normalized spacial score (nSPS) is 17.2. The fourth-order valence-corrected chi connectivity index (χ4v) is 2.08. The quantitative estimate of drug-likeness (QED) is 0.874. The second-order valence-electron chi connectivity index (χ2n) is 4.87. The fourth-order valence-electron chi connectivity index (χ4n) is 2.08. The molecular formula is C14H17F2NO3. The van der Waals surface area contributed by atoms with Crippen molar-refractivity contribution in [2.75, 3.05) is 11.9 Å². The van der Waals surface area contributed by atoms with E-state index in [9.17, 15) is 18.7 Å². The second-order valence-corrected chi connectivity index (χ2v) is 4.87. The molecule has 0 unspecified atom stereocenters. The standard InChI is InChI=1S/C14H17F2NO3/c1-2-20-11-6-3-5-10(9-11)17-12(18)14(15,16)13(19)7-4-8-13/h3,5-6,9,19H,2,4,7-8H2,1H3,(H,17,18). The molecule has 1 aliphatic rings. The lowest BCUT2D eigenvalue weighted by atomic mass is 9.75. The van der Waals surface area contributed by atoms with Gasteiger partial charge < -0.3 is 15.2 Å². The first kappa shape index (κ1) is 14.7. The minimum absolute atomic E-state index is 0.0631. The predicted octanol–water partition coefficient (Wildman–Crippen LogP) is 2.57. The van der Waals surface area contributed by atoms with Gasteiger partial charge in [0.15, 0.2) is 0 Å². The Labute approximate surface area is 115 Å². The van der Waals surface area contributed by atoms with Gasteiger partial charge in [0.25, 0.3) is 5.91 Å². The molecule has 1 aromatic rings. The van der Waals surface area contributed by atoms with Crippen molar-refractivity contribution in [2.24, 2.45) is 0 Å². The van der Waals surface area contributed by atoms with E-state index < -0.39 is 17.4 Å². The maximum Gasteiger partial charge on any atom is 0.352 e. The molecule has 4 nitrogen and oxygen atoms in total. The summed E-state index contributed by atoms with van der Waals surface area (Å²) in [5.41, 5.74) is -2.00. The third-order valence-corrected chi connectivity index (χ3v) is 3.45. The Hall–Kier alpha value is -1.69. The number of aliphatic hydroxyl groups is 1. The summed E-state index contributed by atoms with van der Waals surface area (Å²) in [6, 6.07) is 6.21. The molecule has 0 aromatic heterocycles. The number of rotatable bonds is 5. The molecule has 110 valence electrons. The van der Waals surface area contributed by atoms with E-state index >= 15 is 0 Å². The molecule has 0 bridgehead atoms. The number of nitrogens with one attached hydrogen (secondary N) is 1. The van der Waals surface area contributed by atoms with Crippen LogP contribution >= 0.6 is 0 Å². The molecule has 6 heteroatoms. The Morgan fingerprint density at radius 3 is 2.75 bits per heavy atom. The van der Waals surface area contributed by atoms with Crippen LogP contribution in [0, 0.1) is 0 Å². The van der Waals surface area contributed by atoms with Gasteiger partial charge in [-0.05, 0) is 38.3 Å². The van der Waals surface area contributed by atoms with E-state index in [4.69, 9.17) is 4.74 Å². The van der Waals surface area contributed by atoms with Crippen molar-refractivity contribution >= 4 is 11.6 Å². The number of carbonyl (C=O) groups excluding carboxylic acids is 1. The highest BCUT2D eigenvalue weighted by Crippen LogP contribution is 2.44. The van der Waals surface area contributed by atoms with Gasteiger partial charge in [-0.2, -0.15) is 8.78 Å². The van der Waals surface area contributed by atoms with Gasteiger partial charge in [0, 0.05) is 11.8 Å². The number of carbonyl (C=O) groups is 1. The summed E-state index contributed by atoms with van der Waals surface area (Å²) in [6.45, 7) is 2.23. The number of halogens is 2. The largest absolute Gasteiger partial charge is 0.494 e. The van der Waals surface area contributed by atoms with Crippen LogP contribution in [0.2, 0.25) is 0 Å². The first-order chi connectivity index (χ1) is 9.39. The lowest BCUT2D eigenvalue weighted by molar-refractivity contribution is -0.212. The Morgan fingerprint density at radius 2 is 2.20 bits per heavy atom. The Balaban J connectivity index is 2.09. The van der Waals surface area contributed by atoms with Crippen molar-refractivity contribution in [1.82, 2.24) is 0 Å². The maximum absolute atomic E-state index is 13.9. The van der Waals surface area contributed by atoms with Crippen molar-refractivity contribution < 1.29 is 23.4 Å². The van der Waals surface area contributed by atoms with Gasteiger partial charge in [-0.3, -0.25) is 4.79 Å². The molecule has 0 aliphatic heterocycles. The van der Waals surface area contributed by atoms with Crippen LogP contribution in [0.15, 0.2) is 24.3 Å². The topological polar surface area (TPSA) is 58.6 Å². The number of benzene rings is 1. The molecule has 0 saturated heterocycles. The molecule has 1 fully saturated rings. The van der Waals surface area contributed by atoms with Crippen LogP contribution in [-0.4, -0.2) is 29.1 Å². The first-order valence-corrected chi connectivity index (χ1v) is 6.53. The van der Waals surface area contributed by atoms with Gasteiger partial charge in [0.1, 0.15) is 11.4 Å². The smallest absolute Gasteiger partial charge is 0.352 e. The lowest BCUT2D eigenvalue weighted by Gasteiger charge is -2.41. The minimum Gasteiger partial charge on any atom is -0.494 e. The molecule has 0 atom stereocenters. The van der Waals surface area contributed by atoms with Crippen LogP contribution in [0.5, 0.6) is 5.75 Å². The molecule has 0 spiro atoms. The van der Waals surface area contributed by atoms with Gasteiger partial charge >= 0.3 is 5.92 Å². The lowest BCUT2D eigenvalue weighted by Crippen LogP contribution is -2.59. The molecule has 1 aliphatic carbocycles. The zero-order valence-corrected chi connectivity index (χ0v) is 11.2. The van der Waals surface area contributed by atoms with E-state index in [0.717, 1.165) is 0 Å². The second kappa shape index (κ2) is 5.36. The van der Waals surface area contributed by atoms with E-state index in [0.29, 0.717) is 18.8 Å². The fraction of sp³-hybridized carbons (Fsp3) is 0.500. The SMILES string of the molecule is CCOc1cccc(NC(=O)C(F)(F)C2(O)CCC2)c1. The average Bonchev–Trinajstić information content (AvgIpc) is 2.36. The van der Waals surface area contributed by atoms with E-state index in [1.807, 2.05) is 0 Å². The van der Waals surface area contributed by atoms with E-state index in [1.165, 1.54) is 12.1 Å². The van der Waals surface area contributed by atoms with Gasteiger partial charge in [0.05, 0.1) is 6.61 Å². The third-order valence-electron chi connectivity index (χ3n) is 3.45. The van der Waals surface area contributed by atoms with Gasteiger partial charge in [0.2, 0.25) is 0 Å². The molecule has 1 saturated carbocycles. The molecule has 0 heterocycles. The summed E-state index contributed by atoms with van der Waals surface area (Å²) in [7, 11) is 0. The maximum atomic E-state index is 13.9. The van der Waals surface area contributed by atoms with Gasteiger partial charge in [-0.25, -0.2) is 0 Å². The van der Waals surface area contributed by atoms with E-state index in [2.05, 4.69) is 5.32 Å². The van der Waals surface area contributed by atoms with Crippen molar-refractivity contribution in [2.45, 2.75) is 37.7 Å². The highest BCUT2D eigenvalue weighted by atomic mass is 19.3. The van der Waals surface area contributed by atoms with Crippen LogP contribution in [0.4, 0.5) is 14.5 Å². The molecule has 20 heavy (non-hydrogen) atoms. The number of ether oxygens (including phenoxy) is 1. The van der Waals surface area contributed by atoms with E-state index in [-0.39, 0.29) is 18.5 Å². The minimum atomic E-state index is -3.80. The Bertz CT molecular complexity index is 501. The third kappa shape index (κ3) is 2.60. The van der Waals surface area contributed by atoms with Crippen molar-refractivity contribution in [3.63, 3.8) is 0 Å². The highest BCUT2D eigenvalue weighted by molar-refractivity contribution is 5.97. The summed E-state index contributed by atoms with van der Waals surface area (Å²) >= 11 is 0. The highest BCUT2D eigenvalue weighted by Gasteiger charge is 2.61. The number of anilines is 1.